The molecule has 1 aliphatic rings. The van der Waals surface area contributed by atoms with Crippen molar-refractivity contribution in [2.24, 2.45) is 0 Å². The summed E-state index contributed by atoms with van der Waals surface area (Å²) in [6, 6.07) is 5.10. The number of rotatable bonds is 1. The lowest BCUT2D eigenvalue weighted by Gasteiger charge is -2.09. The molecule has 1 unspecified atom stereocenters. The highest BCUT2D eigenvalue weighted by molar-refractivity contribution is 5.82. The second-order valence-electron chi connectivity index (χ2n) is 3.98. The van der Waals surface area contributed by atoms with Gasteiger partial charge in [-0.25, -0.2) is 4.79 Å². The third-order valence-corrected chi connectivity index (χ3v) is 3.08. The van der Waals surface area contributed by atoms with Crippen LogP contribution in [0.15, 0.2) is 27.8 Å². The fourth-order valence-electron chi connectivity index (χ4n) is 2.39. The van der Waals surface area contributed by atoms with E-state index in [1.807, 2.05) is 6.07 Å². The molecule has 2 heterocycles. The first kappa shape index (κ1) is 9.35. The second kappa shape index (κ2) is 3.05. The third-order valence-electron chi connectivity index (χ3n) is 3.08. The Balaban J connectivity index is 2.56. The highest BCUT2D eigenvalue weighted by Crippen LogP contribution is 2.28. The van der Waals surface area contributed by atoms with Crippen LogP contribution in [0.25, 0.3) is 10.9 Å². The molecular formula is C11H10N2O3. The lowest BCUT2D eigenvalue weighted by molar-refractivity contribution is 0.232. The molecule has 1 aliphatic heterocycles. The van der Waals surface area contributed by atoms with Gasteiger partial charge in [0.15, 0.2) is 0 Å². The number of para-hydroxylation sites is 1. The van der Waals surface area contributed by atoms with Crippen LogP contribution in [-0.4, -0.2) is 21.3 Å². The number of nitrogens with one attached hydrogen (secondary N) is 1. The van der Waals surface area contributed by atoms with Crippen LogP contribution in [0.3, 0.4) is 0 Å². The maximum Gasteiger partial charge on any atom is 0.329 e. The van der Waals surface area contributed by atoms with Crippen LogP contribution in [0.5, 0.6) is 0 Å². The molecule has 0 radical (unpaired) electrons. The van der Waals surface area contributed by atoms with Crippen molar-refractivity contribution in [3.63, 3.8) is 0 Å². The standard InChI is InChI=1S/C11H10N2O3/c14-5-7-4-6-2-1-3-8-9(6)13(7)11(16)12-10(8)15/h1-3,7,14H,4-5H2,(H,12,15,16). The highest BCUT2D eigenvalue weighted by atomic mass is 16.3. The maximum atomic E-state index is 11.7. The number of aromatic amines is 1. The largest absolute Gasteiger partial charge is 0.394 e. The van der Waals surface area contributed by atoms with Crippen molar-refractivity contribution < 1.29 is 5.11 Å². The number of hydrogen-bond acceptors (Lipinski definition) is 3. The van der Waals surface area contributed by atoms with Gasteiger partial charge in [-0.2, -0.15) is 0 Å². The van der Waals surface area contributed by atoms with E-state index >= 15 is 0 Å². The minimum absolute atomic E-state index is 0.101. The summed E-state index contributed by atoms with van der Waals surface area (Å²) in [4.78, 5) is 25.6. The number of nitrogens with zero attached hydrogens (tertiary/aromatic N) is 1. The van der Waals surface area contributed by atoms with Crippen molar-refractivity contribution in [3.05, 3.63) is 44.6 Å². The van der Waals surface area contributed by atoms with E-state index in [1.54, 1.807) is 12.1 Å². The molecule has 0 spiro atoms. The Bertz CT molecular complexity index is 684. The molecule has 5 heteroatoms. The molecule has 82 valence electrons. The zero-order chi connectivity index (χ0) is 11.3. The molecule has 2 aromatic rings. The van der Waals surface area contributed by atoms with Crippen LogP contribution in [0.2, 0.25) is 0 Å². The van der Waals surface area contributed by atoms with Gasteiger partial charge in [0.2, 0.25) is 0 Å². The van der Waals surface area contributed by atoms with E-state index in [0.29, 0.717) is 17.3 Å². The Kier molecular flexibility index (Phi) is 1.79. The molecule has 1 atom stereocenters. The van der Waals surface area contributed by atoms with Crippen molar-refractivity contribution in [3.8, 4) is 0 Å². The Labute approximate surface area is 90.0 Å². The van der Waals surface area contributed by atoms with E-state index in [1.165, 1.54) is 4.57 Å². The van der Waals surface area contributed by atoms with Crippen molar-refractivity contribution in [1.29, 1.82) is 0 Å². The van der Waals surface area contributed by atoms with Crippen molar-refractivity contribution >= 4 is 10.9 Å². The third kappa shape index (κ3) is 1.03. The van der Waals surface area contributed by atoms with Gasteiger partial charge in [0.1, 0.15) is 0 Å². The summed E-state index contributed by atoms with van der Waals surface area (Å²) in [5.74, 6) is 0. The fourth-order valence-corrected chi connectivity index (χ4v) is 2.39. The summed E-state index contributed by atoms with van der Waals surface area (Å²) in [6.45, 7) is -0.101. The summed E-state index contributed by atoms with van der Waals surface area (Å²) in [5, 5.41) is 9.74. The molecule has 5 nitrogen and oxygen atoms in total. The maximum absolute atomic E-state index is 11.7. The molecular weight excluding hydrogens is 208 g/mol. The highest BCUT2D eigenvalue weighted by Gasteiger charge is 2.25. The van der Waals surface area contributed by atoms with Crippen LogP contribution >= 0.6 is 0 Å². The van der Waals surface area contributed by atoms with E-state index in [4.69, 9.17) is 0 Å². The van der Waals surface area contributed by atoms with Gasteiger partial charge in [0.05, 0.1) is 23.6 Å². The van der Waals surface area contributed by atoms with E-state index in [2.05, 4.69) is 4.98 Å². The Morgan fingerprint density at radius 2 is 2.25 bits per heavy atom. The van der Waals surface area contributed by atoms with Gasteiger partial charge in [0, 0.05) is 0 Å². The molecule has 3 rings (SSSR count). The van der Waals surface area contributed by atoms with Crippen LogP contribution < -0.4 is 11.2 Å². The second-order valence-corrected chi connectivity index (χ2v) is 3.98. The first-order valence-electron chi connectivity index (χ1n) is 5.09. The molecule has 0 aliphatic carbocycles. The number of aliphatic hydroxyl groups is 1. The fraction of sp³-hybridized carbons (Fsp3) is 0.273. The van der Waals surface area contributed by atoms with Crippen molar-refractivity contribution in [2.45, 2.75) is 12.5 Å². The van der Waals surface area contributed by atoms with Gasteiger partial charge in [-0.15, -0.1) is 0 Å². The predicted molar refractivity (Wildman–Crippen MR) is 58.7 cm³/mol. The number of H-pyrrole nitrogens is 1. The first-order valence-corrected chi connectivity index (χ1v) is 5.09. The summed E-state index contributed by atoms with van der Waals surface area (Å²) >= 11 is 0. The van der Waals surface area contributed by atoms with Gasteiger partial charge in [-0.1, -0.05) is 12.1 Å². The van der Waals surface area contributed by atoms with Gasteiger partial charge >= 0.3 is 5.69 Å². The van der Waals surface area contributed by atoms with Gasteiger partial charge in [-0.05, 0) is 18.1 Å². The molecule has 0 amide bonds. The van der Waals surface area contributed by atoms with E-state index < -0.39 is 5.69 Å². The SMILES string of the molecule is O=c1[nH]c(=O)n2c3c(cccc13)CC2CO. The molecule has 1 aromatic heterocycles. The monoisotopic (exact) mass is 218 g/mol. The normalized spacial score (nSPS) is 18.2. The molecule has 16 heavy (non-hydrogen) atoms. The number of aromatic nitrogens is 2. The van der Waals surface area contributed by atoms with Gasteiger partial charge in [0.25, 0.3) is 5.56 Å². The average Bonchev–Trinajstić information content (AvgIpc) is 2.65. The Hall–Kier alpha value is -1.88. The number of aliphatic hydroxyl groups excluding tert-OH is 1. The minimum atomic E-state index is -0.443. The summed E-state index contributed by atoms with van der Waals surface area (Å²) in [5.41, 5.74) is 0.799. The predicted octanol–water partition coefficient (Wildman–Crippen LogP) is -0.221. The Morgan fingerprint density at radius 1 is 1.44 bits per heavy atom. The molecule has 2 N–H and O–H groups in total. The molecule has 0 fully saturated rings. The van der Waals surface area contributed by atoms with Crippen LogP contribution in [0.1, 0.15) is 11.6 Å². The van der Waals surface area contributed by atoms with Crippen molar-refractivity contribution in [1.82, 2.24) is 9.55 Å². The number of hydrogen-bond donors (Lipinski definition) is 2. The zero-order valence-corrected chi connectivity index (χ0v) is 8.43. The van der Waals surface area contributed by atoms with Crippen molar-refractivity contribution in [2.75, 3.05) is 6.61 Å². The first-order chi connectivity index (χ1) is 7.72. The van der Waals surface area contributed by atoms with Crippen LogP contribution in [0.4, 0.5) is 0 Å². The van der Waals surface area contributed by atoms with E-state index in [9.17, 15) is 14.7 Å². The summed E-state index contributed by atoms with van der Waals surface area (Å²) in [6.07, 6.45) is 0.598. The molecule has 0 saturated carbocycles. The lowest BCUT2D eigenvalue weighted by atomic mass is 10.1. The lowest BCUT2D eigenvalue weighted by Crippen LogP contribution is -2.32. The Morgan fingerprint density at radius 3 is 3.00 bits per heavy atom. The average molecular weight is 218 g/mol. The number of benzene rings is 1. The quantitative estimate of drug-likeness (QED) is 0.694. The van der Waals surface area contributed by atoms with Gasteiger partial charge in [-0.3, -0.25) is 14.3 Å². The van der Waals surface area contributed by atoms with E-state index in [-0.39, 0.29) is 18.2 Å². The summed E-state index contributed by atoms with van der Waals surface area (Å²) in [7, 11) is 0. The van der Waals surface area contributed by atoms with Crippen LogP contribution in [-0.2, 0) is 6.42 Å². The van der Waals surface area contributed by atoms with Crippen LogP contribution in [0, 0.1) is 0 Å². The molecule has 1 aromatic carbocycles. The van der Waals surface area contributed by atoms with Gasteiger partial charge < -0.3 is 5.11 Å². The topological polar surface area (TPSA) is 75.1 Å². The summed E-state index contributed by atoms with van der Waals surface area (Å²) < 4.78 is 1.48. The van der Waals surface area contributed by atoms with E-state index in [0.717, 1.165) is 5.56 Å². The molecule has 0 bridgehead atoms. The zero-order valence-electron chi connectivity index (χ0n) is 8.43. The smallest absolute Gasteiger partial charge is 0.329 e. The molecule has 0 saturated heterocycles. The minimum Gasteiger partial charge on any atom is -0.394 e.